The van der Waals surface area contributed by atoms with Crippen LogP contribution >= 0.6 is 0 Å². The summed E-state index contributed by atoms with van der Waals surface area (Å²) in [4.78, 5) is 23.8. The van der Waals surface area contributed by atoms with Crippen molar-refractivity contribution < 1.29 is 4.79 Å². The van der Waals surface area contributed by atoms with Gasteiger partial charge in [-0.3, -0.25) is 4.79 Å². The molecule has 5 nitrogen and oxygen atoms in total. The maximum absolute atomic E-state index is 12.9. The molecule has 2 aliphatic rings. The average Bonchev–Trinajstić information content (AvgIpc) is 2.68. The Kier molecular flexibility index (Phi) is 4.63. The van der Waals surface area contributed by atoms with Gasteiger partial charge in [-0.15, -0.1) is 0 Å². The third kappa shape index (κ3) is 3.50. The van der Waals surface area contributed by atoms with Gasteiger partial charge in [-0.05, 0) is 49.3 Å². The Hall–Kier alpha value is -2.43. The summed E-state index contributed by atoms with van der Waals surface area (Å²) in [7, 11) is 0. The van der Waals surface area contributed by atoms with Crippen molar-refractivity contribution in [3.8, 4) is 0 Å². The molecular formula is C20H24N4O. The largest absolute Gasteiger partial charge is 0.351 e. The van der Waals surface area contributed by atoms with Gasteiger partial charge in [0.1, 0.15) is 0 Å². The molecule has 4 rings (SSSR count). The highest BCUT2D eigenvalue weighted by atomic mass is 16.2. The molecule has 2 atom stereocenters. The molecule has 1 aliphatic heterocycles. The summed E-state index contributed by atoms with van der Waals surface area (Å²) in [5.41, 5.74) is 2.54. The Labute approximate surface area is 148 Å². The van der Waals surface area contributed by atoms with Gasteiger partial charge in [-0.1, -0.05) is 24.3 Å². The minimum absolute atomic E-state index is 0.00620. The molecule has 0 bridgehead atoms. The second kappa shape index (κ2) is 7.21. The van der Waals surface area contributed by atoms with Crippen LogP contribution in [0.1, 0.15) is 42.7 Å². The van der Waals surface area contributed by atoms with Crippen molar-refractivity contribution in [2.24, 2.45) is 0 Å². The SMILES string of the molecule is O=C(NC1CCCN(c2ncccn2)C1)C1CCCc2ccccc21. The van der Waals surface area contributed by atoms with E-state index in [-0.39, 0.29) is 17.9 Å². The van der Waals surface area contributed by atoms with E-state index in [1.807, 2.05) is 12.1 Å². The van der Waals surface area contributed by atoms with Gasteiger partial charge >= 0.3 is 0 Å². The number of nitrogens with zero attached hydrogens (tertiary/aromatic N) is 3. The normalized spacial score (nSPS) is 23.0. The summed E-state index contributed by atoms with van der Waals surface area (Å²) in [6, 6.07) is 10.4. The fourth-order valence-corrected chi connectivity index (χ4v) is 4.06. The fraction of sp³-hybridized carbons (Fsp3) is 0.450. The van der Waals surface area contributed by atoms with Crippen LogP contribution in [0, 0.1) is 0 Å². The molecule has 2 aromatic rings. The first kappa shape index (κ1) is 16.1. The van der Waals surface area contributed by atoms with Gasteiger partial charge in [-0.2, -0.15) is 0 Å². The molecule has 1 N–H and O–H groups in total. The zero-order valence-corrected chi connectivity index (χ0v) is 14.4. The van der Waals surface area contributed by atoms with Gasteiger partial charge in [0.15, 0.2) is 0 Å². The van der Waals surface area contributed by atoms with Gasteiger partial charge in [0.05, 0.1) is 5.92 Å². The fourth-order valence-electron chi connectivity index (χ4n) is 4.06. The summed E-state index contributed by atoms with van der Waals surface area (Å²) in [6.07, 6.45) is 8.72. The molecule has 1 aromatic carbocycles. The van der Waals surface area contributed by atoms with Crippen LogP contribution in [0.25, 0.3) is 0 Å². The number of nitrogens with one attached hydrogen (secondary N) is 1. The highest BCUT2D eigenvalue weighted by Gasteiger charge is 2.29. The van der Waals surface area contributed by atoms with Crippen molar-refractivity contribution in [2.75, 3.05) is 18.0 Å². The Morgan fingerprint density at radius 2 is 1.92 bits per heavy atom. The van der Waals surface area contributed by atoms with Gasteiger partial charge in [-0.25, -0.2) is 9.97 Å². The van der Waals surface area contributed by atoms with Crippen LogP contribution < -0.4 is 10.2 Å². The van der Waals surface area contributed by atoms with Gasteiger partial charge in [0.2, 0.25) is 11.9 Å². The van der Waals surface area contributed by atoms with Crippen LogP contribution in [0.5, 0.6) is 0 Å². The molecule has 1 aromatic heterocycles. The van der Waals surface area contributed by atoms with Crippen molar-refractivity contribution in [3.63, 3.8) is 0 Å². The summed E-state index contributed by atoms with van der Waals surface area (Å²) >= 11 is 0. The number of aromatic nitrogens is 2. The van der Waals surface area contributed by atoms with E-state index in [2.05, 4.69) is 38.4 Å². The number of hydrogen-bond donors (Lipinski definition) is 1. The first-order valence-corrected chi connectivity index (χ1v) is 9.21. The van der Waals surface area contributed by atoms with E-state index in [9.17, 15) is 4.79 Å². The highest BCUT2D eigenvalue weighted by Crippen LogP contribution is 2.31. The number of carbonyl (C=O) groups excluding carboxylic acids is 1. The lowest BCUT2D eigenvalue weighted by molar-refractivity contribution is -0.123. The number of benzene rings is 1. The number of amides is 1. The lowest BCUT2D eigenvalue weighted by Crippen LogP contribution is -2.49. The van der Waals surface area contributed by atoms with E-state index in [4.69, 9.17) is 0 Å². The molecule has 0 spiro atoms. The van der Waals surface area contributed by atoms with Crippen LogP contribution in [0.4, 0.5) is 5.95 Å². The first-order valence-electron chi connectivity index (χ1n) is 9.21. The Bertz CT molecular complexity index is 733. The number of anilines is 1. The first-order chi connectivity index (χ1) is 12.3. The van der Waals surface area contributed by atoms with E-state index in [0.29, 0.717) is 0 Å². The summed E-state index contributed by atoms with van der Waals surface area (Å²) < 4.78 is 0. The molecule has 1 amide bonds. The summed E-state index contributed by atoms with van der Waals surface area (Å²) in [6.45, 7) is 1.73. The smallest absolute Gasteiger partial charge is 0.227 e. The van der Waals surface area contributed by atoms with Gasteiger partial charge < -0.3 is 10.2 Å². The van der Waals surface area contributed by atoms with E-state index >= 15 is 0 Å². The molecule has 0 radical (unpaired) electrons. The van der Waals surface area contributed by atoms with Crippen LogP contribution in [-0.2, 0) is 11.2 Å². The number of fused-ring (bicyclic) bond motifs is 1. The van der Waals surface area contributed by atoms with Crippen molar-refractivity contribution in [1.82, 2.24) is 15.3 Å². The third-order valence-corrected chi connectivity index (χ3v) is 5.29. The molecule has 130 valence electrons. The van der Waals surface area contributed by atoms with E-state index in [1.165, 1.54) is 11.1 Å². The number of rotatable bonds is 3. The molecule has 0 saturated carbocycles. The molecule has 2 unspecified atom stereocenters. The second-order valence-electron chi connectivity index (χ2n) is 6.99. The van der Waals surface area contributed by atoms with Gasteiger partial charge in [0, 0.05) is 31.5 Å². The maximum Gasteiger partial charge on any atom is 0.227 e. The minimum atomic E-state index is -0.00620. The molecular weight excluding hydrogens is 312 g/mol. The van der Waals surface area contributed by atoms with Crippen LogP contribution in [0.15, 0.2) is 42.7 Å². The quantitative estimate of drug-likeness (QED) is 0.936. The van der Waals surface area contributed by atoms with Crippen LogP contribution in [0.2, 0.25) is 0 Å². The van der Waals surface area contributed by atoms with Crippen molar-refractivity contribution >= 4 is 11.9 Å². The molecule has 1 fully saturated rings. The number of carbonyl (C=O) groups is 1. The highest BCUT2D eigenvalue weighted by molar-refractivity contribution is 5.84. The number of aryl methyl sites for hydroxylation is 1. The third-order valence-electron chi connectivity index (χ3n) is 5.29. The molecule has 5 heteroatoms. The monoisotopic (exact) mass is 336 g/mol. The standard InChI is InChI=1S/C20H24N4O/c25-19(18-10-3-7-15-6-1-2-9-17(15)18)23-16-8-4-13-24(14-16)20-21-11-5-12-22-20/h1-2,5-6,9,11-12,16,18H,3-4,7-8,10,13-14H2,(H,23,25). The average molecular weight is 336 g/mol. The summed E-state index contributed by atoms with van der Waals surface area (Å²) in [5, 5.41) is 3.29. The predicted molar refractivity (Wildman–Crippen MR) is 97.5 cm³/mol. The van der Waals surface area contributed by atoms with Gasteiger partial charge in [0.25, 0.3) is 0 Å². The minimum Gasteiger partial charge on any atom is -0.351 e. The Balaban J connectivity index is 1.43. The zero-order chi connectivity index (χ0) is 17.1. The van der Waals surface area contributed by atoms with Crippen molar-refractivity contribution in [2.45, 2.75) is 44.1 Å². The topological polar surface area (TPSA) is 58.1 Å². The van der Waals surface area contributed by atoms with Crippen molar-refractivity contribution in [3.05, 3.63) is 53.9 Å². The second-order valence-corrected chi connectivity index (χ2v) is 6.99. The van der Waals surface area contributed by atoms with Crippen LogP contribution in [-0.4, -0.2) is 35.0 Å². The lowest BCUT2D eigenvalue weighted by Gasteiger charge is -2.34. The van der Waals surface area contributed by atoms with Crippen molar-refractivity contribution in [1.29, 1.82) is 0 Å². The number of piperidine rings is 1. The molecule has 1 aliphatic carbocycles. The molecule has 1 saturated heterocycles. The Morgan fingerprint density at radius 3 is 2.80 bits per heavy atom. The molecule has 2 heterocycles. The number of hydrogen-bond acceptors (Lipinski definition) is 4. The molecule has 25 heavy (non-hydrogen) atoms. The van der Waals surface area contributed by atoms with E-state index < -0.39 is 0 Å². The van der Waals surface area contributed by atoms with E-state index in [0.717, 1.165) is 51.1 Å². The lowest BCUT2D eigenvalue weighted by atomic mass is 9.82. The zero-order valence-electron chi connectivity index (χ0n) is 14.4. The van der Waals surface area contributed by atoms with Crippen LogP contribution in [0.3, 0.4) is 0 Å². The Morgan fingerprint density at radius 1 is 1.08 bits per heavy atom. The summed E-state index contributed by atoms with van der Waals surface area (Å²) in [5.74, 6) is 0.922. The van der Waals surface area contributed by atoms with E-state index in [1.54, 1.807) is 12.4 Å². The maximum atomic E-state index is 12.9. The predicted octanol–water partition coefficient (Wildman–Crippen LogP) is 2.68.